The van der Waals surface area contributed by atoms with Crippen molar-refractivity contribution in [1.29, 1.82) is 0 Å². The van der Waals surface area contributed by atoms with E-state index in [0.717, 1.165) is 19.5 Å². The quantitative estimate of drug-likeness (QED) is 0.888. The number of halogens is 1. The molecule has 2 aromatic carbocycles. The molecule has 0 radical (unpaired) electrons. The smallest absolute Gasteiger partial charge is 0.123 e. The summed E-state index contributed by atoms with van der Waals surface area (Å²) in [7, 11) is 0. The standard InChI is InChI=1S/C17H18FN/c1-13-2-4-14(5-3-13)10-17(11-19-12-17)15-6-8-16(18)9-7-15/h2-9,19H,10-12H2,1H3. The maximum absolute atomic E-state index is 13.1. The van der Waals surface area contributed by atoms with Gasteiger partial charge in [-0.3, -0.25) is 0 Å². The molecular weight excluding hydrogens is 237 g/mol. The molecule has 0 aliphatic carbocycles. The Hall–Kier alpha value is -1.67. The number of nitrogens with one attached hydrogen (secondary N) is 1. The summed E-state index contributed by atoms with van der Waals surface area (Å²) in [6.45, 7) is 4.03. The summed E-state index contributed by atoms with van der Waals surface area (Å²) in [6, 6.07) is 15.7. The monoisotopic (exact) mass is 255 g/mol. The van der Waals surface area contributed by atoms with Crippen LogP contribution in [0.4, 0.5) is 4.39 Å². The molecular formula is C17H18FN. The summed E-state index contributed by atoms with van der Waals surface area (Å²) in [5.74, 6) is -0.165. The number of rotatable bonds is 3. The Kier molecular flexibility index (Phi) is 3.11. The van der Waals surface area contributed by atoms with E-state index in [0.29, 0.717) is 0 Å². The summed E-state index contributed by atoms with van der Waals surface area (Å²) in [4.78, 5) is 0. The van der Waals surface area contributed by atoms with Crippen LogP contribution in [0.25, 0.3) is 0 Å². The third-order valence-electron chi connectivity index (χ3n) is 4.05. The molecule has 2 heteroatoms. The second-order valence-electron chi connectivity index (χ2n) is 5.55. The average molecular weight is 255 g/mol. The van der Waals surface area contributed by atoms with Gasteiger partial charge in [-0.05, 0) is 36.6 Å². The number of hydrogen-bond donors (Lipinski definition) is 1. The van der Waals surface area contributed by atoms with Crippen molar-refractivity contribution in [3.8, 4) is 0 Å². The van der Waals surface area contributed by atoms with E-state index in [1.807, 2.05) is 12.1 Å². The zero-order chi connectivity index (χ0) is 13.3. The van der Waals surface area contributed by atoms with Gasteiger partial charge in [0.25, 0.3) is 0 Å². The first-order valence-electron chi connectivity index (χ1n) is 6.70. The van der Waals surface area contributed by atoms with Gasteiger partial charge in [-0.2, -0.15) is 0 Å². The van der Waals surface area contributed by atoms with Gasteiger partial charge in [-0.1, -0.05) is 42.0 Å². The fraction of sp³-hybridized carbons (Fsp3) is 0.294. The topological polar surface area (TPSA) is 12.0 Å². The average Bonchev–Trinajstić information content (AvgIpc) is 2.37. The molecule has 2 aromatic rings. The summed E-state index contributed by atoms with van der Waals surface area (Å²) in [5.41, 5.74) is 3.99. The fourth-order valence-electron chi connectivity index (χ4n) is 2.76. The highest BCUT2D eigenvalue weighted by molar-refractivity contribution is 5.34. The van der Waals surface area contributed by atoms with Gasteiger partial charge in [0.15, 0.2) is 0 Å². The lowest BCUT2D eigenvalue weighted by Gasteiger charge is -2.43. The van der Waals surface area contributed by atoms with Crippen molar-refractivity contribution in [1.82, 2.24) is 5.32 Å². The Morgan fingerprint density at radius 3 is 2.16 bits per heavy atom. The molecule has 0 amide bonds. The SMILES string of the molecule is Cc1ccc(CC2(c3ccc(F)cc3)CNC2)cc1. The highest BCUT2D eigenvalue weighted by Gasteiger charge is 2.38. The van der Waals surface area contributed by atoms with E-state index in [1.165, 1.54) is 16.7 Å². The Bertz CT molecular complexity index is 553. The predicted molar refractivity (Wildman–Crippen MR) is 75.8 cm³/mol. The van der Waals surface area contributed by atoms with Crippen molar-refractivity contribution in [2.75, 3.05) is 13.1 Å². The lowest BCUT2D eigenvalue weighted by Crippen LogP contribution is -2.58. The van der Waals surface area contributed by atoms with Crippen LogP contribution in [0.3, 0.4) is 0 Å². The molecule has 1 N–H and O–H groups in total. The van der Waals surface area contributed by atoms with Crippen molar-refractivity contribution < 1.29 is 4.39 Å². The van der Waals surface area contributed by atoms with Crippen LogP contribution in [0.5, 0.6) is 0 Å². The highest BCUT2D eigenvalue weighted by Crippen LogP contribution is 2.32. The molecule has 0 unspecified atom stereocenters. The minimum absolute atomic E-state index is 0.128. The van der Waals surface area contributed by atoms with E-state index >= 15 is 0 Å². The van der Waals surface area contributed by atoms with Crippen LogP contribution >= 0.6 is 0 Å². The summed E-state index contributed by atoms with van der Waals surface area (Å²) < 4.78 is 13.1. The van der Waals surface area contributed by atoms with Gasteiger partial charge >= 0.3 is 0 Å². The van der Waals surface area contributed by atoms with Gasteiger partial charge < -0.3 is 5.32 Å². The molecule has 1 aliphatic rings. The van der Waals surface area contributed by atoms with Gasteiger partial charge in [0.1, 0.15) is 5.82 Å². The van der Waals surface area contributed by atoms with E-state index in [9.17, 15) is 4.39 Å². The second-order valence-corrected chi connectivity index (χ2v) is 5.55. The Morgan fingerprint density at radius 2 is 1.63 bits per heavy atom. The minimum Gasteiger partial charge on any atom is -0.315 e. The number of hydrogen-bond acceptors (Lipinski definition) is 1. The first kappa shape index (κ1) is 12.4. The molecule has 1 nitrogen and oxygen atoms in total. The van der Waals surface area contributed by atoms with Crippen LogP contribution in [0, 0.1) is 12.7 Å². The van der Waals surface area contributed by atoms with Gasteiger partial charge in [-0.15, -0.1) is 0 Å². The largest absolute Gasteiger partial charge is 0.315 e. The van der Waals surface area contributed by atoms with Gasteiger partial charge in [-0.25, -0.2) is 4.39 Å². The van der Waals surface area contributed by atoms with Crippen LogP contribution in [-0.4, -0.2) is 13.1 Å². The van der Waals surface area contributed by atoms with Crippen molar-refractivity contribution >= 4 is 0 Å². The molecule has 19 heavy (non-hydrogen) atoms. The van der Waals surface area contributed by atoms with E-state index < -0.39 is 0 Å². The first-order chi connectivity index (χ1) is 9.18. The molecule has 0 aromatic heterocycles. The lowest BCUT2D eigenvalue weighted by atomic mass is 9.71. The van der Waals surface area contributed by atoms with Gasteiger partial charge in [0, 0.05) is 18.5 Å². The zero-order valence-electron chi connectivity index (χ0n) is 11.1. The summed E-state index contributed by atoms with van der Waals surface area (Å²) in [5, 5.41) is 3.35. The van der Waals surface area contributed by atoms with E-state index in [2.05, 4.69) is 36.5 Å². The zero-order valence-corrected chi connectivity index (χ0v) is 11.1. The van der Waals surface area contributed by atoms with Crippen LogP contribution in [-0.2, 0) is 11.8 Å². The van der Waals surface area contributed by atoms with Crippen molar-refractivity contribution in [3.05, 3.63) is 71.0 Å². The van der Waals surface area contributed by atoms with Crippen molar-refractivity contribution in [2.45, 2.75) is 18.8 Å². The van der Waals surface area contributed by atoms with Gasteiger partial charge in [0.2, 0.25) is 0 Å². The van der Waals surface area contributed by atoms with Gasteiger partial charge in [0.05, 0.1) is 0 Å². The first-order valence-corrected chi connectivity index (χ1v) is 6.70. The maximum atomic E-state index is 13.1. The van der Waals surface area contributed by atoms with Crippen molar-refractivity contribution in [2.24, 2.45) is 0 Å². The van der Waals surface area contributed by atoms with Crippen LogP contribution in [0.15, 0.2) is 48.5 Å². The summed E-state index contributed by atoms with van der Waals surface area (Å²) in [6.07, 6.45) is 1.01. The van der Waals surface area contributed by atoms with E-state index in [4.69, 9.17) is 0 Å². The lowest BCUT2D eigenvalue weighted by molar-refractivity contribution is 0.274. The number of benzene rings is 2. The fourth-order valence-corrected chi connectivity index (χ4v) is 2.76. The Labute approximate surface area is 113 Å². The minimum atomic E-state index is -0.165. The predicted octanol–water partition coefficient (Wildman–Crippen LogP) is 3.22. The third kappa shape index (κ3) is 2.41. The molecule has 1 saturated heterocycles. The molecule has 98 valence electrons. The molecule has 1 aliphatic heterocycles. The molecule has 3 rings (SSSR count). The van der Waals surface area contributed by atoms with Crippen molar-refractivity contribution in [3.63, 3.8) is 0 Å². The number of aryl methyl sites for hydroxylation is 1. The van der Waals surface area contributed by atoms with Crippen LogP contribution in [0.2, 0.25) is 0 Å². The Morgan fingerprint density at radius 1 is 1.00 bits per heavy atom. The van der Waals surface area contributed by atoms with Crippen LogP contribution in [0.1, 0.15) is 16.7 Å². The molecule has 0 spiro atoms. The molecule has 0 bridgehead atoms. The Balaban J connectivity index is 1.87. The second kappa shape index (κ2) is 4.78. The third-order valence-corrected chi connectivity index (χ3v) is 4.05. The normalized spacial score (nSPS) is 16.9. The molecule has 1 heterocycles. The molecule has 0 saturated carbocycles. The maximum Gasteiger partial charge on any atom is 0.123 e. The van der Waals surface area contributed by atoms with E-state index in [-0.39, 0.29) is 11.2 Å². The molecule has 1 fully saturated rings. The highest BCUT2D eigenvalue weighted by atomic mass is 19.1. The summed E-state index contributed by atoms with van der Waals surface area (Å²) >= 11 is 0. The van der Waals surface area contributed by atoms with E-state index in [1.54, 1.807) is 12.1 Å². The van der Waals surface area contributed by atoms with Crippen LogP contribution < -0.4 is 5.32 Å². The molecule has 0 atom stereocenters.